The molecular weight excluding hydrogens is 324 g/mol. The van der Waals surface area contributed by atoms with Crippen LogP contribution in [0.5, 0.6) is 5.75 Å². The number of ketones is 1. The second-order valence-electron chi connectivity index (χ2n) is 5.06. The lowest BCUT2D eigenvalue weighted by Gasteiger charge is -2.34. The van der Waals surface area contributed by atoms with Gasteiger partial charge in [0.25, 0.3) is 0 Å². The van der Waals surface area contributed by atoms with E-state index < -0.39 is 22.4 Å². The predicted octanol–water partition coefficient (Wildman–Crippen LogP) is 1.49. The van der Waals surface area contributed by atoms with Gasteiger partial charge in [0.2, 0.25) is 12.0 Å². The number of aryl methyl sites for hydroxylation is 1. The Labute approximate surface area is 135 Å². The Kier molecular flexibility index (Phi) is 5.71. The Hall–Kier alpha value is -1.52. The minimum Gasteiger partial charge on any atom is -0.387 e. The highest BCUT2D eigenvalue weighted by Gasteiger charge is 2.40. The SMILES string of the molecule is CCCCNN1Oc2cccc(CC)c2C(=O)C1OS(=O)(=O)O. The summed E-state index contributed by atoms with van der Waals surface area (Å²) in [6.07, 6.45) is 0.631. The Morgan fingerprint density at radius 1 is 1.39 bits per heavy atom. The molecule has 1 heterocycles. The van der Waals surface area contributed by atoms with Crippen LogP contribution < -0.4 is 10.3 Å². The van der Waals surface area contributed by atoms with Crippen LogP contribution in [-0.2, 0) is 21.0 Å². The van der Waals surface area contributed by atoms with Crippen LogP contribution >= 0.6 is 0 Å². The van der Waals surface area contributed by atoms with Crippen molar-refractivity contribution in [2.75, 3.05) is 6.54 Å². The lowest BCUT2D eigenvalue weighted by atomic mass is 9.99. The zero-order chi connectivity index (χ0) is 17.0. The third kappa shape index (κ3) is 4.27. The fraction of sp³-hybridized carbons (Fsp3) is 0.500. The summed E-state index contributed by atoms with van der Waals surface area (Å²) in [6, 6.07) is 5.12. The van der Waals surface area contributed by atoms with E-state index in [4.69, 9.17) is 9.39 Å². The maximum atomic E-state index is 12.7. The minimum absolute atomic E-state index is 0.261. The smallest absolute Gasteiger partial charge is 0.387 e. The van der Waals surface area contributed by atoms with Crippen molar-refractivity contribution in [3.8, 4) is 5.75 Å². The second kappa shape index (κ2) is 7.37. The van der Waals surface area contributed by atoms with Gasteiger partial charge in [-0.05, 0) is 29.6 Å². The summed E-state index contributed by atoms with van der Waals surface area (Å²) in [4.78, 5) is 18.2. The molecule has 0 bridgehead atoms. The molecule has 1 aliphatic rings. The molecule has 0 saturated heterocycles. The zero-order valence-electron chi connectivity index (χ0n) is 13.0. The van der Waals surface area contributed by atoms with E-state index in [1.165, 1.54) is 0 Å². The highest BCUT2D eigenvalue weighted by atomic mass is 32.3. The molecule has 1 aromatic carbocycles. The number of hydrazine groups is 1. The van der Waals surface area contributed by atoms with Crippen molar-refractivity contribution in [2.24, 2.45) is 0 Å². The van der Waals surface area contributed by atoms with Gasteiger partial charge in [0.05, 0.1) is 5.56 Å². The van der Waals surface area contributed by atoms with E-state index in [1.54, 1.807) is 18.2 Å². The summed E-state index contributed by atoms with van der Waals surface area (Å²) >= 11 is 0. The molecular formula is C14H20N2O6S. The van der Waals surface area contributed by atoms with Crippen LogP contribution in [-0.4, -0.2) is 36.7 Å². The van der Waals surface area contributed by atoms with Crippen LogP contribution in [0.25, 0.3) is 0 Å². The summed E-state index contributed by atoms with van der Waals surface area (Å²) in [5.41, 5.74) is 3.77. The number of Topliss-reactive ketones (excluding diaryl/α,β-unsaturated/α-hetero) is 1. The Balaban J connectivity index is 2.36. The molecule has 0 radical (unpaired) electrons. The summed E-state index contributed by atoms with van der Waals surface area (Å²) in [5.74, 6) is -0.279. The molecule has 1 aliphatic heterocycles. The first-order valence-electron chi connectivity index (χ1n) is 7.39. The van der Waals surface area contributed by atoms with Crippen LogP contribution in [0.1, 0.15) is 42.6 Å². The van der Waals surface area contributed by atoms with E-state index in [9.17, 15) is 13.2 Å². The molecule has 2 rings (SSSR count). The maximum Gasteiger partial charge on any atom is 0.399 e. The van der Waals surface area contributed by atoms with Crippen molar-refractivity contribution in [2.45, 2.75) is 39.3 Å². The van der Waals surface area contributed by atoms with Gasteiger partial charge in [-0.2, -0.15) is 8.42 Å². The van der Waals surface area contributed by atoms with Crippen molar-refractivity contribution >= 4 is 16.2 Å². The number of hydrogen-bond acceptors (Lipinski definition) is 7. The fourth-order valence-corrected chi connectivity index (χ4v) is 2.69. The van der Waals surface area contributed by atoms with E-state index in [2.05, 4.69) is 9.61 Å². The third-order valence-electron chi connectivity index (χ3n) is 3.38. The molecule has 0 aromatic heterocycles. The number of nitrogens with zero attached hydrogens (tertiary/aromatic N) is 1. The Morgan fingerprint density at radius 3 is 2.74 bits per heavy atom. The molecule has 8 nitrogen and oxygen atoms in total. The molecule has 0 aliphatic carbocycles. The summed E-state index contributed by atoms with van der Waals surface area (Å²) in [7, 11) is -4.82. The number of nitrogens with one attached hydrogen (secondary N) is 1. The van der Waals surface area contributed by atoms with Crippen molar-refractivity contribution in [1.29, 1.82) is 0 Å². The van der Waals surface area contributed by atoms with Gasteiger partial charge in [-0.15, -0.1) is 0 Å². The molecule has 0 fully saturated rings. The number of benzene rings is 1. The topological polar surface area (TPSA) is 105 Å². The molecule has 128 valence electrons. The van der Waals surface area contributed by atoms with Crippen molar-refractivity contribution < 1.29 is 26.8 Å². The average molecular weight is 344 g/mol. The van der Waals surface area contributed by atoms with E-state index in [-0.39, 0.29) is 5.56 Å². The minimum atomic E-state index is -4.82. The number of carbonyl (C=O) groups excluding carboxylic acids is 1. The predicted molar refractivity (Wildman–Crippen MR) is 81.9 cm³/mol. The fourth-order valence-electron chi connectivity index (χ4n) is 2.29. The van der Waals surface area contributed by atoms with Crippen LogP contribution in [0, 0.1) is 0 Å². The molecule has 2 N–H and O–H groups in total. The number of carbonyl (C=O) groups is 1. The van der Waals surface area contributed by atoms with Gasteiger partial charge in [0.1, 0.15) is 0 Å². The third-order valence-corrected chi connectivity index (χ3v) is 3.81. The first kappa shape index (κ1) is 17.8. The average Bonchev–Trinajstić information content (AvgIpc) is 2.49. The molecule has 0 saturated carbocycles. The van der Waals surface area contributed by atoms with Gasteiger partial charge < -0.3 is 4.84 Å². The van der Waals surface area contributed by atoms with Gasteiger partial charge in [0.15, 0.2) is 5.75 Å². The lowest BCUT2D eigenvalue weighted by Crippen LogP contribution is -2.56. The number of hydrogen-bond donors (Lipinski definition) is 2. The van der Waals surface area contributed by atoms with Crippen molar-refractivity contribution in [3.05, 3.63) is 29.3 Å². The number of hydroxylamine groups is 1. The second-order valence-corrected chi connectivity index (χ2v) is 6.11. The molecule has 1 atom stereocenters. The first-order valence-corrected chi connectivity index (χ1v) is 8.76. The van der Waals surface area contributed by atoms with E-state index in [1.807, 2.05) is 13.8 Å². The van der Waals surface area contributed by atoms with Gasteiger partial charge in [-0.25, -0.2) is 9.61 Å². The van der Waals surface area contributed by atoms with E-state index >= 15 is 0 Å². The molecule has 0 amide bonds. The molecule has 23 heavy (non-hydrogen) atoms. The van der Waals surface area contributed by atoms with Crippen LogP contribution in [0.3, 0.4) is 0 Å². The first-order chi connectivity index (χ1) is 10.9. The van der Waals surface area contributed by atoms with Gasteiger partial charge in [-0.1, -0.05) is 32.4 Å². The molecule has 1 unspecified atom stereocenters. The van der Waals surface area contributed by atoms with E-state index in [0.717, 1.165) is 18.0 Å². The Morgan fingerprint density at radius 2 is 2.13 bits per heavy atom. The highest BCUT2D eigenvalue weighted by Crippen LogP contribution is 2.31. The molecule has 0 spiro atoms. The number of fused-ring (bicyclic) bond motifs is 1. The maximum absolute atomic E-state index is 12.7. The molecule has 1 aromatic rings. The number of unbranched alkanes of at least 4 members (excludes halogenated alkanes) is 1. The van der Waals surface area contributed by atoms with Crippen molar-refractivity contribution in [1.82, 2.24) is 10.6 Å². The lowest BCUT2D eigenvalue weighted by molar-refractivity contribution is -0.185. The summed E-state index contributed by atoms with van der Waals surface area (Å²) in [6.45, 7) is 4.31. The summed E-state index contributed by atoms with van der Waals surface area (Å²) < 4.78 is 35.6. The van der Waals surface area contributed by atoms with Crippen LogP contribution in [0.2, 0.25) is 0 Å². The highest BCUT2D eigenvalue weighted by molar-refractivity contribution is 7.80. The van der Waals surface area contributed by atoms with Crippen LogP contribution in [0.15, 0.2) is 18.2 Å². The Bertz CT molecular complexity index is 676. The zero-order valence-corrected chi connectivity index (χ0v) is 13.8. The quantitative estimate of drug-likeness (QED) is 0.566. The standard InChI is InChI=1S/C14H20N2O6S/c1-3-5-9-15-16-14(22-23(18,19)20)13(17)12-10(4-2)7-6-8-11(12)21-16/h6-8,14-15H,3-5,9H2,1-2H3,(H,18,19,20). The van der Waals surface area contributed by atoms with Gasteiger partial charge >= 0.3 is 10.4 Å². The van der Waals surface area contributed by atoms with E-state index in [0.29, 0.717) is 24.3 Å². The van der Waals surface area contributed by atoms with Crippen molar-refractivity contribution in [3.63, 3.8) is 0 Å². The summed E-state index contributed by atoms with van der Waals surface area (Å²) in [5, 5.41) is 0.924. The van der Waals surface area contributed by atoms with Crippen LogP contribution in [0.4, 0.5) is 0 Å². The van der Waals surface area contributed by atoms with Gasteiger partial charge in [0, 0.05) is 6.54 Å². The molecule has 9 heteroatoms. The normalized spacial score (nSPS) is 18.6. The largest absolute Gasteiger partial charge is 0.399 e. The van der Waals surface area contributed by atoms with Gasteiger partial charge in [-0.3, -0.25) is 9.35 Å². The monoisotopic (exact) mass is 344 g/mol. The number of rotatable bonds is 7.